The number of hydrogen-bond acceptors (Lipinski definition) is 2. The molecule has 0 bridgehead atoms. The first-order valence-electron chi connectivity index (χ1n) is 4.46. The summed E-state index contributed by atoms with van der Waals surface area (Å²) < 4.78 is 5.25. The highest BCUT2D eigenvalue weighted by atomic mass is 16.5. The molecular formula is C9H20O2. The van der Waals surface area contributed by atoms with Crippen LogP contribution in [0.4, 0.5) is 0 Å². The normalized spacial score (nSPS) is 13.9. The number of aliphatic hydroxyl groups is 1. The molecule has 1 atom stereocenters. The van der Waals surface area contributed by atoms with E-state index in [4.69, 9.17) is 4.74 Å². The molecular weight excluding hydrogens is 140 g/mol. The van der Waals surface area contributed by atoms with Crippen LogP contribution in [0.3, 0.4) is 0 Å². The summed E-state index contributed by atoms with van der Waals surface area (Å²) in [6.07, 6.45) is 3.05. The van der Waals surface area contributed by atoms with Crippen LogP contribution < -0.4 is 0 Å². The van der Waals surface area contributed by atoms with Gasteiger partial charge in [-0.15, -0.1) is 0 Å². The minimum Gasteiger partial charge on any atom is -0.391 e. The average molecular weight is 160 g/mol. The van der Waals surface area contributed by atoms with Crippen LogP contribution in [0.1, 0.15) is 40.0 Å². The van der Waals surface area contributed by atoms with E-state index in [1.165, 1.54) is 0 Å². The summed E-state index contributed by atoms with van der Waals surface area (Å²) >= 11 is 0. The number of rotatable bonds is 6. The van der Waals surface area contributed by atoms with Crippen molar-refractivity contribution in [2.75, 3.05) is 6.61 Å². The fraction of sp³-hybridized carbons (Fsp3) is 1.00. The molecule has 11 heavy (non-hydrogen) atoms. The molecule has 0 saturated heterocycles. The van der Waals surface area contributed by atoms with Crippen molar-refractivity contribution in [3.05, 3.63) is 0 Å². The molecule has 68 valence electrons. The molecule has 0 heterocycles. The second-order valence-corrected chi connectivity index (χ2v) is 3.18. The van der Waals surface area contributed by atoms with Gasteiger partial charge in [0.15, 0.2) is 0 Å². The third-order valence-electron chi connectivity index (χ3n) is 1.51. The Morgan fingerprint density at radius 1 is 1.36 bits per heavy atom. The molecule has 0 amide bonds. The summed E-state index contributed by atoms with van der Waals surface area (Å²) in [5, 5.41) is 9.30. The average Bonchev–Trinajstić information content (AvgIpc) is 1.97. The van der Waals surface area contributed by atoms with E-state index in [-0.39, 0.29) is 12.2 Å². The largest absolute Gasteiger partial charge is 0.391 e. The van der Waals surface area contributed by atoms with Gasteiger partial charge >= 0.3 is 0 Å². The molecule has 1 unspecified atom stereocenters. The second kappa shape index (κ2) is 6.62. The maximum atomic E-state index is 9.30. The van der Waals surface area contributed by atoms with Crippen LogP contribution in [-0.4, -0.2) is 23.9 Å². The van der Waals surface area contributed by atoms with Crippen molar-refractivity contribution in [3.8, 4) is 0 Å². The van der Waals surface area contributed by atoms with E-state index in [2.05, 4.69) is 6.92 Å². The van der Waals surface area contributed by atoms with E-state index in [0.29, 0.717) is 6.61 Å². The summed E-state index contributed by atoms with van der Waals surface area (Å²) in [6.45, 7) is 6.56. The highest BCUT2D eigenvalue weighted by Gasteiger charge is 2.03. The van der Waals surface area contributed by atoms with E-state index < -0.39 is 0 Å². The fourth-order valence-corrected chi connectivity index (χ4v) is 0.827. The molecule has 0 aliphatic carbocycles. The Hall–Kier alpha value is -0.0800. The van der Waals surface area contributed by atoms with Crippen LogP contribution >= 0.6 is 0 Å². The lowest BCUT2D eigenvalue weighted by Crippen LogP contribution is -2.18. The minimum atomic E-state index is -0.266. The first-order chi connectivity index (χ1) is 5.16. The molecule has 2 nitrogen and oxygen atoms in total. The molecule has 0 spiro atoms. The van der Waals surface area contributed by atoms with E-state index in [1.54, 1.807) is 0 Å². The van der Waals surface area contributed by atoms with Crippen LogP contribution in [0.15, 0.2) is 0 Å². The predicted octanol–water partition coefficient (Wildman–Crippen LogP) is 1.96. The summed E-state index contributed by atoms with van der Waals surface area (Å²) in [5.41, 5.74) is 0. The predicted molar refractivity (Wildman–Crippen MR) is 46.6 cm³/mol. The van der Waals surface area contributed by atoms with Crippen molar-refractivity contribution in [3.63, 3.8) is 0 Å². The molecule has 1 N–H and O–H groups in total. The monoisotopic (exact) mass is 160 g/mol. The van der Waals surface area contributed by atoms with Gasteiger partial charge in [-0.2, -0.15) is 0 Å². The molecule has 0 aliphatic rings. The fourth-order valence-electron chi connectivity index (χ4n) is 0.827. The lowest BCUT2D eigenvalue weighted by molar-refractivity contribution is 0.00195. The quantitative estimate of drug-likeness (QED) is 0.643. The molecule has 0 aromatic rings. The summed E-state index contributed by atoms with van der Waals surface area (Å²) in [5.74, 6) is 0. The van der Waals surface area contributed by atoms with Gasteiger partial charge in [-0.1, -0.05) is 19.8 Å². The van der Waals surface area contributed by atoms with Crippen LogP contribution in [0, 0.1) is 0 Å². The molecule has 0 aliphatic heterocycles. The van der Waals surface area contributed by atoms with E-state index in [1.807, 2.05) is 13.8 Å². The Kier molecular flexibility index (Phi) is 6.57. The van der Waals surface area contributed by atoms with Crippen molar-refractivity contribution < 1.29 is 9.84 Å². The SMILES string of the molecule is CCCCC(O)COC(C)C. The Labute approximate surface area is 69.6 Å². The van der Waals surface area contributed by atoms with Gasteiger partial charge in [0, 0.05) is 0 Å². The van der Waals surface area contributed by atoms with Gasteiger partial charge in [0.1, 0.15) is 0 Å². The number of hydrogen-bond donors (Lipinski definition) is 1. The van der Waals surface area contributed by atoms with Crippen LogP contribution in [-0.2, 0) is 4.74 Å². The van der Waals surface area contributed by atoms with Crippen molar-refractivity contribution >= 4 is 0 Å². The zero-order valence-electron chi connectivity index (χ0n) is 7.84. The maximum Gasteiger partial charge on any atom is 0.0773 e. The standard InChI is InChI=1S/C9H20O2/c1-4-5-6-9(10)7-11-8(2)3/h8-10H,4-7H2,1-3H3. The smallest absolute Gasteiger partial charge is 0.0773 e. The van der Waals surface area contributed by atoms with E-state index >= 15 is 0 Å². The molecule has 0 aromatic carbocycles. The topological polar surface area (TPSA) is 29.5 Å². The van der Waals surface area contributed by atoms with Crippen molar-refractivity contribution in [2.45, 2.75) is 52.2 Å². The van der Waals surface area contributed by atoms with Crippen molar-refractivity contribution in [1.82, 2.24) is 0 Å². The summed E-state index contributed by atoms with van der Waals surface area (Å²) in [7, 11) is 0. The minimum absolute atomic E-state index is 0.228. The van der Waals surface area contributed by atoms with Crippen molar-refractivity contribution in [2.24, 2.45) is 0 Å². The van der Waals surface area contributed by atoms with Crippen molar-refractivity contribution in [1.29, 1.82) is 0 Å². The van der Waals surface area contributed by atoms with Gasteiger partial charge in [0.05, 0.1) is 18.8 Å². The number of aliphatic hydroxyl groups excluding tert-OH is 1. The Bertz CT molecular complexity index is 81.6. The van der Waals surface area contributed by atoms with Gasteiger partial charge in [0.2, 0.25) is 0 Å². The van der Waals surface area contributed by atoms with Gasteiger partial charge in [-0.25, -0.2) is 0 Å². The van der Waals surface area contributed by atoms with Gasteiger partial charge in [0.25, 0.3) is 0 Å². The van der Waals surface area contributed by atoms with Gasteiger partial charge in [-0.05, 0) is 20.3 Å². The van der Waals surface area contributed by atoms with Gasteiger partial charge < -0.3 is 9.84 Å². The van der Waals surface area contributed by atoms with E-state index in [9.17, 15) is 5.11 Å². The molecule has 0 fully saturated rings. The van der Waals surface area contributed by atoms with Gasteiger partial charge in [-0.3, -0.25) is 0 Å². The highest BCUT2D eigenvalue weighted by molar-refractivity contribution is 4.53. The van der Waals surface area contributed by atoms with Crippen LogP contribution in [0.2, 0.25) is 0 Å². The Morgan fingerprint density at radius 3 is 2.45 bits per heavy atom. The maximum absolute atomic E-state index is 9.30. The molecule has 2 heteroatoms. The summed E-state index contributed by atoms with van der Waals surface area (Å²) in [4.78, 5) is 0. The first kappa shape index (κ1) is 10.9. The first-order valence-corrected chi connectivity index (χ1v) is 4.46. The lowest BCUT2D eigenvalue weighted by atomic mass is 10.2. The highest BCUT2D eigenvalue weighted by Crippen LogP contribution is 2.01. The Balaban J connectivity index is 3.15. The molecule has 0 rings (SSSR count). The molecule has 0 radical (unpaired) electrons. The summed E-state index contributed by atoms with van der Waals surface area (Å²) in [6, 6.07) is 0. The van der Waals surface area contributed by atoms with Crippen LogP contribution in [0.5, 0.6) is 0 Å². The number of ether oxygens (including phenoxy) is 1. The second-order valence-electron chi connectivity index (χ2n) is 3.18. The molecule has 0 saturated carbocycles. The zero-order chi connectivity index (χ0) is 8.69. The zero-order valence-corrected chi connectivity index (χ0v) is 7.84. The Morgan fingerprint density at radius 2 is 2.00 bits per heavy atom. The third-order valence-corrected chi connectivity index (χ3v) is 1.51. The van der Waals surface area contributed by atoms with Crippen LogP contribution in [0.25, 0.3) is 0 Å². The number of unbranched alkanes of at least 4 members (excludes halogenated alkanes) is 1. The third kappa shape index (κ3) is 7.82. The molecule has 0 aromatic heterocycles. The lowest BCUT2D eigenvalue weighted by Gasteiger charge is -2.12. The van der Waals surface area contributed by atoms with E-state index in [0.717, 1.165) is 19.3 Å².